The first-order valence-corrected chi connectivity index (χ1v) is 5.37. The van der Waals surface area contributed by atoms with Crippen molar-refractivity contribution in [3.05, 3.63) is 42.5 Å². The molecule has 15 heavy (non-hydrogen) atoms. The maximum atomic E-state index is 8.74. The first-order valence-electron chi connectivity index (χ1n) is 3.97. The second-order valence-corrected chi connectivity index (χ2v) is 3.52. The lowest BCUT2D eigenvalue weighted by molar-refractivity contribution is 0.381. The van der Waals surface area contributed by atoms with Crippen LogP contribution in [0.1, 0.15) is 5.56 Å². The summed E-state index contributed by atoms with van der Waals surface area (Å²) >= 11 is 0. The second-order valence-electron chi connectivity index (χ2n) is 2.62. The minimum absolute atomic E-state index is 0.532. The fourth-order valence-electron chi connectivity index (χ4n) is 0.792. The molecule has 0 saturated carbocycles. The van der Waals surface area contributed by atoms with Crippen LogP contribution in [-0.2, 0) is 10.4 Å². The van der Waals surface area contributed by atoms with Gasteiger partial charge in [0.2, 0.25) is 0 Å². The topological polar surface area (TPSA) is 101 Å². The summed E-state index contributed by atoms with van der Waals surface area (Å²) in [6.45, 7) is 4.35. The summed E-state index contributed by atoms with van der Waals surface area (Å²) in [5.41, 5.74) is 7.52. The molecule has 0 spiro atoms. The van der Waals surface area contributed by atoms with E-state index in [1.165, 1.54) is 0 Å². The van der Waals surface area contributed by atoms with Crippen molar-refractivity contribution in [2.75, 3.05) is 6.54 Å². The third kappa shape index (κ3) is 9.10. The summed E-state index contributed by atoms with van der Waals surface area (Å²) < 4.78 is 31.6. The molecule has 5 nitrogen and oxygen atoms in total. The molecule has 0 aliphatic heterocycles. The van der Waals surface area contributed by atoms with Crippen LogP contribution < -0.4 is 5.73 Å². The molecule has 0 atom stereocenters. The molecule has 1 rings (SSSR count). The van der Waals surface area contributed by atoms with E-state index < -0.39 is 10.4 Å². The van der Waals surface area contributed by atoms with Gasteiger partial charge in [0.25, 0.3) is 0 Å². The molecule has 0 saturated heterocycles. The highest BCUT2D eigenvalue weighted by molar-refractivity contribution is 7.79. The van der Waals surface area contributed by atoms with Crippen LogP contribution in [-0.4, -0.2) is 24.1 Å². The maximum Gasteiger partial charge on any atom is 0.394 e. The van der Waals surface area contributed by atoms with E-state index in [1.807, 2.05) is 30.3 Å². The molecule has 0 bridgehead atoms. The Bertz CT molecular complexity index is 391. The van der Waals surface area contributed by atoms with Gasteiger partial charge < -0.3 is 5.73 Å². The molecular weight excluding hydrogens is 218 g/mol. The molecule has 1 aromatic rings. The van der Waals surface area contributed by atoms with E-state index in [9.17, 15) is 0 Å². The molecule has 4 N–H and O–H groups in total. The normalized spacial score (nSPS) is 10.1. The summed E-state index contributed by atoms with van der Waals surface area (Å²) in [7, 11) is -4.67. The van der Waals surface area contributed by atoms with Crippen molar-refractivity contribution in [2.45, 2.75) is 0 Å². The average Bonchev–Trinajstić information content (AvgIpc) is 2.15. The zero-order valence-electron chi connectivity index (χ0n) is 8.00. The first kappa shape index (κ1) is 13.8. The van der Waals surface area contributed by atoms with Gasteiger partial charge in [0.1, 0.15) is 0 Å². The maximum absolute atomic E-state index is 8.74. The van der Waals surface area contributed by atoms with Gasteiger partial charge in [0.05, 0.1) is 0 Å². The zero-order valence-corrected chi connectivity index (χ0v) is 8.81. The van der Waals surface area contributed by atoms with Crippen molar-refractivity contribution in [2.24, 2.45) is 5.73 Å². The van der Waals surface area contributed by atoms with Crippen molar-refractivity contribution in [1.82, 2.24) is 0 Å². The minimum Gasteiger partial charge on any atom is -0.326 e. The van der Waals surface area contributed by atoms with Crippen molar-refractivity contribution in [3.63, 3.8) is 0 Å². The Kier molecular flexibility index (Phi) is 5.80. The Morgan fingerprint density at radius 2 is 1.67 bits per heavy atom. The predicted molar refractivity (Wildman–Crippen MR) is 58.7 cm³/mol. The summed E-state index contributed by atoms with van der Waals surface area (Å²) in [5.74, 6) is 0. The molecule has 0 unspecified atom stereocenters. The summed E-state index contributed by atoms with van der Waals surface area (Å²) in [6.07, 6.45) is 0. The molecule has 0 heterocycles. The lowest BCUT2D eigenvalue weighted by atomic mass is 10.1. The van der Waals surface area contributed by atoms with Crippen LogP contribution in [0, 0.1) is 0 Å². The number of nitrogens with two attached hydrogens (primary N) is 1. The SMILES string of the molecule is C=C(CN)c1ccccc1.O=S(=O)(O)O. The summed E-state index contributed by atoms with van der Waals surface area (Å²) in [5, 5.41) is 0. The molecule has 1 aromatic carbocycles. The first-order chi connectivity index (χ1) is 6.84. The molecule has 0 amide bonds. The molecule has 84 valence electrons. The van der Waals surface area contributed by atoms with Crippen LogP contribution in [0.4, 0.5) is 0 Å². The Morgan fingerprint density at radius 1 is 1.27 bits per heavy atom. The van der Waals surface area contributed by atoms with Gasteiger partial charge in [-0.15, -0.1) is 0 Å². The number of hydrogen-bond acceptors (Lipinski definition) is 3. The van der Waals surface area contributed by atoms with Gasteiger partial charge >= 0.3 is 10.4 Å². The van der Waals surface area contributed by atoms with Gasteiger partial charge in [-0.3, -0.25) is 9.11 Å². The molecule has 0 aromatic heterocycles. The lowest BCUT2D eigenvalue weighted by Crippen LogP contribution is -2.00. The average molecular weight is 231 g/mol. The number of rotatable bonds is 2. The largest absolute Gasteiger partial charge is 0.394 e. The minimum atomic E-state index is -4.67. The standard InChI is InChI=1S/C9H11N.H2O4S/c1-8(7-10)9-5-3-2-4-6-9;1-5(2,3)4/h2-6H,1,7,10H2;(H2,1,2,3,4). The molecule has 0 aliphatic rings. The number of hydrogen-bond donors (Lipinski definition) is 3. The predicted octanol–water partition coefficient (Wildman–Crippen LogP) is 1.01. The molecular formula is C9H13NO4S. The fraction of sp³-hybridized carbons (Fsp3) is 0.111. The van der Waals surface area contributed by atoms with Crippen molar-refractivity contribution in [1.29, 1.82) is 0 Å². The van der Waals surface area contributed by atoms with Crippen LogP contribution >= 0.6 is 0 Å². The van der Waals surface area contributed by atoms with Crippen LogP contribution in [0.25, 0.3) is 5.57 Å². The van der Waals surface area contributed by atoms with Gasteiger partial charge in [-0.25, -0.2) is 0 Å². The van der Waals surface area contributed by atoms with Gasteiger partial charge in [0, 0.05) is 6.54 Å². The smallest absolute Gasteiger partial charge is 0.326 e. The van der Waals surface area contributed by atoms with Crippen molar-refractivity contribution in [3.8, 4) is 0 Å². The quantitative estimate of drug-likeness (QED) is 0.659. The Labute approximate surface area is 88.8 Å². The van der Waals surface area contributed by atoms with E-state index in [0.29, 0.717) is 6.54 Å². The second kappa shape index (κ2) is 6.31. The van der Waals surface area contributed by atoms with Gasteiger partial charge in [-0.2, -0.15) is 8.42 Å². The lowest BCUT2D eigenvalue weighted by Gasteiger charge is -1.99. The van der Waals surface area contributed by atoms with Crippen molar-refractivity contribution < 1.29 is 17.5 Å². The van der Waals surface area contributed by atoms with E-state index in [1.54, 1.807) is 0 Å². The molecule has 0 fully saturated rings. The molecule has 0 aliphatic carbocycles. The van der Waals surface area contributed by atoms with Gasteiger partial charge in [-0.05, 0) is 11.1 Å². The van der Waals surface area contributed by atoms with Crippen LogP contribution in [0.15, 0.2) is 36.9 Å². The number of benzene rings is 1. The Hall–Kier alpha value is -1.21. The Morgan fingerprint density at radius 3 is 2.00 bits per heavy atom. The van der Waals surface area contributed by atoms with E-state index in [4.69, 9.17) is 23.3 Å². The van der Waals surface area contributed by atoms with Crippen molar-refractivity contribution >= 4 is 16.0 Å². The van der Waals surface area contributed by atoms with Crippen LogP contribution in [0.3, 0.4) is 0 Å². The van der Waals surface area contributed by atoms with E-state index in [2.05, 4.69) is 6.58 Å². The molecule has 6 heteroatoms. The zero-order chi connectivity index (χ0) is 11.9. The summed E-state index contributed by atoms with van der Waals surface area (Å²) in [6, 6.07) is 9.96. The third-order valence-electron chi connectivity index (χ3n) is 1.43. The fourth-order valence-corrected chi connectivity index (χ4v) is 0.792. The van der Waals surface area contributed by atoms with Crippen LogP contribution in [0.2, 0.25) is 0 Å². The highest BCUT2D eigenvalue weighted by atomic mass is 32.3. The van der Waals surface area contributed by atoms with E-state index in [0.717, 1.165) is 11.1 Å². The monoisotopic (exact) mass is 231 g/mol. The third-order valence-corrected chi connectivity index (χ3v) is 1.43. The highest BCUT2D eigenvalue weighted by Crippen LogP contribution is 2.08. The highest BCUT2D eigenvalue weighted by Gasteiger charge is 1.91. The van der Waals surface area contributed by atoms with Gasteiger partial charge in [-0.1, -0.05) is 36.9 Å². The summed E-state index contributed by atoms with van der Waals surface area (Å²) in [4.78, 5) is 0. The van der Waals surface area contributed by atoms with Gasteiger partial charge in [0.15, 0.2) is 0 Å². The van der Waals surface area contributed by atoms with Crippen LogP contribution in [0.5, 0.6) is 0 Å². The van der Waals surface area contributed by atoms with E-state index >= 15 is 0 Å². The Balaban J connectivity index is 0.000000336. The van der Waals surface area contributed by atoms with E-state index in [-0.39, 0.29) is 0 Å². The molecule has 0 radical (unpaired) electrons.